The molecule has 1 unspecified atom stereocenters. The molecule has 0 saturated carbocycles. The largest absolute Gasteiger partial charge is 0.444 e. The van der Waals surface area contributed by atoms with Crippen LogP contribution in [0.3, 0.4) is 0 Å². The molecule has 1 aromatic rings. The Kier molecular flexibility index (Phi) is 15.4. The molecule has 15 nitrogen and oxygen atoms in total. The fourth-order valence-corrected chi connectivity index (χ4v) is 7.83. The molecule has 3 aliphatic heterocycles. The number of Topliss-reactive ketones (excluding diaryl/α,β-unsaturated/α-hetero) is 1. The Morgan fingerprint density at radius 1 is 0.946 bits per heavy atom. The quantitative estimate of drug-likeness (QED) is 0.287. The first-order chi connectivity index (χ1) is 26.4. The molecular formula is C41H62N6O9. The molecule has 3 saturated heterocycles. The maximum Gasteiger partial charge on any atom is 0.408 e. The van der Waals surface area contributed by atoms with E-state index in [0.29, 0.717) is 31.2 Å². The predicted molar refractivity (Wildman–Crippen MR) is 208 cm³/mol. The molecule has 4 N–H and O–H groups in total. The van der Waals surface area contributed by atoms with E-state index in [1.54, 1.807) is 65.2 Å². The summed E-state index contributed by atoms with van der Waals surface area (Å²) in [5.74, 6) is -4.47. The lowest BCUT2D eigenvalue weighted by Crippen LogP contribution is -2.58. The first-order valence-electron chi connectivity index (χ1n) is 20.0. The maximum atomic E-state index is 14.4. The van der Waals surface area contributed by atoms with Gasteiger partial charge in [-0.15, -0.1) is 0 Å². The van der Waals surface area contributed by atoms with Crippen molar-refractivity contribution in [2.24, 2.45) is 5.92 Å². The number of fused-ring (bicyclic) bond motifs is 3. The molecule has 0 bridgehead atoms. The summed E-state index contributed by atoms with van der Waals surface area (Å²) in [6.45, 7) is 8.59. The van der Waals surface area contributed by atoms with Crippen molar-refractivity contribution in [3.05, 3.63) is 35.9 Å². The third kappa shape index (κ3) is 12.5. The summed E-state index contributed by atoms with van der Waals surface area (Å²) < 4.78 is 11.8. The van der Waals surface area contributed by atoms with E-state index >= 15 is 0 Å². The molecule has 3 fully saturated rings. The standard InChI is InChI=1S/C41H62N6O9/c1-40(2,3)56-39(54)44-29-22-18-13-11-9-8-10-12-17-21-28(43-35(50)33-27-23-41(4,5)55-30(27)25-47(33)37(29)52)34(49)36(51)42-24-31(48)45-32(38(53)46(6)7)26-19-15-14-16-20-26/h14-16,19-20,27-30,32-33H,8-13,17-18,21-25H2,1-7H3,(H,42,51)(H,43,50)(H,44,54)(H,45,48)/t27-,28-,29-,30-,32-,33?/m0/s1. The van der Waals surface area contributed by atoms with Gasteiger partial charge in [0.1, 0.15) is 23.7 Å². The van der Waals surface area contributed by atoms with Crippen molar-refractivity contribution >= 4 is 41.4 Å². The number of hydrogen-bond donors (Lipinski definition) is 4. The van der Waals surface area contributed by atoms with Gasteiger partial charge in [-0.3, -0.25) is 28.8 Å². The van der Waals surface area contributed by atoms with E-state index in [1.165, 1.54) is 9.80 Å². The topological polar surface area (TPSA) is 193 Å². The lowest BCUT2D eigenvalue weighted by atomic mass is 9.89. The number of carbonyl (C=O) groups is 7. The Balaban J connectivity index is 1.54. The van der Waals surface area contributed by atoms with E-state index in [1.807, 2.05) is 13.8 Å². The zero-order valence-corrected chi connectivity index (χ0v) is 34.1. The molecule has 15 heteroatoms. The van der Waals surface area contributed by atoms with Gasteiger partial charge in [-0.1, -0.05) is 81.7 Å². The van der Waals surface area contributed by atoms with Gasteiger partial charge in [-0.05, 0) is 59.4 Å². The van der Waals surface area contributed by atoms with Gasteiger partial charge in [0, 0.05) is 26.6 Å². The third-order valence-corrected chi connectivity index (χ3v) is 10.5. The molecular weight excluding hydrogens is 720 g/mol. The van der Waals surface area contributed by atoms with Crippen LogP contribution in [0.15, 0.2) is 30.3 Å². The van der Waals surface area contributed by atoms with Crippen LogP contribution in [-0.4, -0.2) is 114 Å². The molecule has 4 rings (SSSR count). The zero-order chi connectivity index (χ0) is 41.2. The van der Waals surface area contributed by atoms with Gasteiger partial charge >= 0.3 is 6.09 Å². The van der Waals surface area contributed by atoms with E-state index in [9.17, 15) is 33.6 Å². The van der Waals surface area contributed by atoms with Crippen molar-refractivity contribution in [2.75, 3.05) is 27.2 Å². The van der Waals surface area contributed by atoms with Gasteiger partial charge in [0.05, 0.1) is 24.3 Å². The second kappa shape index (κ2) is 19.6. The average Bonchev–Trinajstić information content (AvgIpc) is 3.62. The molecule has 56 heavy (non-hydrogen) atoms. The van der Waals surface area contributed by atoms with Crippen LogP contribution in [0.5, 0.6) is 0 Å². The van der Waals surface area contributed by atoms with Crippen molar-refractivity contribution in [3.63, 3.8) is 0 Å². The van der Waals surface area contributed by atoms with Crippen LogP contribution in [-0.2, 0) is 38.2 Å². The minimum absolute atomic E-state index is 0.117. The number of alkyl carbamates (subject to hydrolysis) is 1. The van der Waals surface area contributed by atoms with Gasteiger partial charge < -0.3 is 40.5 Å². The number of nitrogens with one attached hydrogen (secondary N) is 4. The molecule has 0 radical (unpaired) electrons. The lowest BCUT2D eigenvalue weighted by molar-refractivity contribution is -0.144. The minimum Gasteiger partial charge on any atom is -0.444 e. The highest BCUT2D eigenvalue weighted by Crippen LogP contribution is 2.43. The first kappa shape index (κ1) is 44.2. The monoisotopic (exact) mass is 782 g/mol. The van der Waals surface area contributed by atoms with Gasteiger partial charge in [-0.25, -0.2) is 4.79 Å². The van der Waals surface area contributed by atoms with Crippen molar-refractivity contribution < 1.29 is 43.0 Å². The summed E-state index contributed by atoms with van der Waals surface area (Å²) in [6, 6.07) is 4.45. The fourth-order valence-electron chi connectivity index (χ4n) is 7.83. The Labute approximate surface area is 330 Å². The smallest absolute Gasteiger partial charge is 0.408 e. The van der Waals surface area contributed by atoms with Crippen molar-refractivity contribution in [3.8, 4) is 0 Å². The number of ketones is 1. The molecule has 310 valence electrons. The predicted octanol–water partition coefficient (Wildman–Crippen LogP) is 3.30. The molecule has 6 atom stereocenters. The van der Waals surface area contributed by atoms with Crippen molar-refractivity contribution in [1.29, 1.82) is 0 Å². The van der Waals surface area contributed by atoms with E-state index in [-0.39, 0.29) is 18.9 Å². The summed E-state index contributed by atoms with van der Waals surface area (Å²) in [5.41, 5.74) is -0.793. The second-order valence-electron chi connectivity index (χ2n) is 17.1. The Morgan fingerprint density at radius 3 is 2.16 bits per heavy atom. The van der Waals surface area contributed by atoms with Crippen LogP contribution in [0, 0.1) is 5.92 Å². The van der Waals surface area contributed by atoms with Crippen LogP contribution in [0.25, 0.3) is 0 Å². The van der Waals surface area contributed by atoms with E-state index in [4.69, 9.17) is 9.47 Å². The molecule has 0 spiro atoms. The lowest BCUT2D eigenvalue weighted by Gasteiger charge is -2.33. The average molecular weight is 783 g/mol. The van der Waals surface area contributed by atoms with Crippen LogP contribution in [0.4, 0.5) is 4.79 Å². The fraction of sp³-hybridized carbons (Fsp3) is 0.683. The number of ether oxygens (including phenoxy) is 2. The van der Waals surface area contributed by atoms with Crippen LogP contribution >= 0.6 is 0 Å². The van der Waals surface area contributed by atoms with Gasteiger partial charge in [-0.2, -0.15) is 0 Å². The van der Waals surface area contributed by atoms with Crippen LogP contribution in [0.2, 0.25) is 0 Å². The van der Waals surface area contributed by atoms with Gasteiger partial charge in [0.25, 0.3) is 5.91 Å². The molecule has 0 aromatic heterocycles. The first-order valence-corrected chi connectivity index (χ1v) is 20.0. The molecule has 6 amide bonds. The minimum atomic E-state index is -1.23. The number of likely N-dealkylation sites (N-methyl/N-ethyl adjacent to an activating group) is 1. The van der Waals surface area contributed by atoms with E-state index in [2.05, 4.69) is 21.3 Å². The summed E-state index contributed by atoms with van der Waals surface area (Å²) in [4.78, 5) is 97.5. The second-order valence-corrected chi connectivity index (χ2v) is 17.1. The number of benzene rings is 1. The van der Waals surface area contributed by atoms with Crippen LogP contribution < -0.4 is 21.3 Å². The van der Waals surface area contributed by atoms with Crippen LogP contribution in [0.1, 0.15) is 117 Å². The molecule has 3 aliphatic rings. The zero-order valence-electron chi connectivity index (χ0n) is 34.1. The maximum absolute atomic E-state index is 14.4. The highest BCUT2D eigenvalue weighted by atomic mass is 16.6. The van der Waals surface area contributed by atoms with Crippen molar-refractivity contribution in [2.45, 2.75) is 147 Å². The molecule has 0 aliphatic carbocycles. The number of carbonyl (C=O) groups excluding carboxylic acids is 7. The summed E-state index contributed by atoms with van der Waals surface area (Å²) in [7, 11) is 3.13. The number of hydrogen-bond acceptors (Lipinski definition) is 9. The van der Waals surface area contributed by atoms with E-state index < -0.39 is 89.4 Å². The Hall–Kier alpha value is -4.53. The SMILES string of the molecule is CN(C)C(=O)[C@@H](NC(=O)CNC(=O)C(=O)[C@@H]1CCCCCCCCCC[C@H](NC(=O)OC(C)(C)C)C(=O)N2C[C@@H]3OC(C)(C)C[C@@H]3C2C(=O)N1)c1ccccc1. The summed E-state index contributed by atoms with van der Waals surface area (Å²) in [6.07, 6.45) is 6.54. The summed E-state index contributed by atoms with van der Waals surface area (Å²) in [5, 5.41) is 10.6. The highest BCUT2D eigenvalue weighted by molar-refractivity contribution is 6.38. The molecule has 3 heterocycles. The molecule has 1 aromatic carbocycles. The normalized spacial score (nSPS) is 25.3. The Morgan fingerprint density at radius 2 is 1.55 bits per heavy atom. The number of amides is 6. The Bertz CT molecular complexity index is 1580. The summed E-state index contributed by atoms with van der Waals surface area (Å²) >= 11 is 0. The number of nitrogens with zero attached hydrogens (tertiary/aromatic N) is 2. The van der Waals surface area contributed by atoms with Gasteiger partial charge in [0.2, 0.25) is 29.4 Å². The number of rotatable bonds is 8. The van der Waals surface area contributed by atoms with Gasteiger partial charge in [0.15, 0.2) is 0 Å². The highest BCUT2D eigenvalue weighted by Gasteiger charge is 2.56. The van der Waals surface area contributed by atoms with E-state index in [0.717, 1.165) is 38.5 Å². The third-order valence-electron chi connectivity index (χ3n) is 10.5. The van der Waals surface area contributed by atoms with Crippen molar-refractivity contribution in [1.82, 2.24) is 31.1 Å².